The molecule has 0 aliphatic carbocycles. The molecule has 0 aromatic heterocycles. The Labute approximate surface area is 150 Å². The molecule has 1 unspecified atom stereocenters. The maximum atomic E-state index is 12.4. The molecular formula is C19H19BrN2O2. The van der Waals surface area contributed by atoms with Gasteiger partial charge in [-0.15, -0.1) is 0 Å². The van der Waals surface area contributed by atoms with Gasteiger partial charge in [-0.3, -0.25) is 9.59 Å². The van der Waals surface area contributed by atoms with Gasteiger partial charge in [0, 0.05) is 24.0 Å². The lowest BCUT2D eigenvalue weighted by atomic mass is 10.1. The Hall–Kier alpha value is -2.14. The van der Waals surface area contributed by atoms with Gasteiger partial charge in [0.25, 0.3) is 0 Å². The van der Waals surface area contributed by atoms with Crippen LogP contribution in [0.1, 0.15) is 17.5 Å². The smallest absolute Gasteiger partial charge is 0.229 e. The SMILES string of the molecule is Cc1ccc(CN2CC(C(=O)Nc3ccccc3Br)CC2=O)cc1. The van der Waals surface area contributed by atoms with Crippen molar-refractivity contribution in [2.24, 2.45) is 5.92 Å². The molecule has 124 valence electrons. The van der Waals surface area contributed by atoms with Crippen molar-refractivity contribution in [3.05, 3.63) is 64.1 Å². The minimum Gasteiger partial charge on any atom is -0.338 e. The highest BCUT2D eigenvalue weighted by Gasteiger charge is 2.34. The number of para-hydroxylation sites is 1. The average molecular weight is 387 g/mol. The van der Waals surface area contributed by atoms with Crippen LogP contribution in [0.2, 0.25) is 0 Å². The van der Waals surface area contributed by atoms with Crippen LogP contribution in [-0.4, -0.2) is 23.3 Å². The van der Waals surface area contributed by atoms with Crippen molar-refractivity contribution in [3.8, 4) is 0 Å². The van der Waals surface area contributed by atoms with Gasteiger partial charge in [0.2, 0.25) is 11.8 Å². The summed E-state index contributed by atoms with van der Waals surface area (Å²) in [6.07, 6.45) is 0.266. The number of hydrogen-bond donors (Lipinski definition) is 1. The van der Waals surface area contributed by atoms with E-state index in [1.165, 1.54) is 5.56 Å². The molecule has 1 saturated heterocycles. The Bertz CT molecular complexity index is 758. The molecule has 1 N–H and O–H groups in total. The molecule has 1 atom stereocenters. The second kappa shape index (κ2) is 7.18. The minimum atomic E-state index is -0.310. The van der Waals surface area contributed by atoms with Crippen LogP contribution in [0.4, 0.5) is 5.69 Å². The normalized spacial score (nSPS) is 17.2. The lowest BCUT2D eigenvalue weighted by molar-refractivity contribution is -0.128. The van der Waals surface area contributed by atoms with Crippen LogP contribution in [0.3, 0.4) is 0 Å². The first-order valence-electron chi connectivity index (χ1n) is 7.91. The maximum Gasteiger partial charge on any atom is 0.229 e. The lowest BCUT2D eigenvalue weighted by Crippen LogP contribution is -2.28. The van der Waals surface area contributed by atoms with Gasteiger partial charge in [-0.25, -0.2) is 0 Å². The molecule has 3 rings (SSSR count). The highest BCUT2D eigenvalue weighted by atomic mass is 79.9. The minimum absolute atomic E-state index is 0.0304. The summed E-state index contributed by atoms with van der Waals surface area (Å²) in [5.41, 5.74) is 3.00. The molecule has 1 aliphatic rings. The molecule has 1 aliphatic heterocycles. The number of rotatable bonds is 4. The summed E-state index contributed by atoms with van der Waals surface area (Å²) in [5.74, 6) is -0.389. The zero-order valence-corrected chi connectivity index (χ0v) is 15.0. The van der Waals surface area contributed by atoms with Crippen LogP contribution in [-0.2, 0) is 16.1 Å². The van der Waals surface area contributed by atoms with Gasteiger partial charge in [-0.05, 0) is 40.5 Å². The zero-order chi connectivity index (χ0) is 17.1. The molecule has 0 bridgehead atoms. The van der Waals surface area contributed by atoms with E-state index in [2.05, 4.69) is 21.2 Å². The van der Waals surface area contributed by atoms with Gasteiger partial charge in [-0.2, -0.15) is 0 Å². The average Bonchev–Trinajstić information content (AvgIpc) is 2.93. The largest absolute Gasteiger partial charge is 0.338 e. The number of hydrogen-bond acceptors (Lipinski definition) is 2. The van der Waals surface area contributed by atoms with Crippen LogP contribution in [0.15, 0.2) is 53.0 Å². The third-order valence-electron chi connectivity index (χ3n) is 4.21. The fraction of sp³-hybridized carbons (Fsp3) is 0.263. The standard InChI is InChI=1S/C19H19BrN2O2/c1-13-6-8-14(9-7-13)11-22-12-15(10-18(22)23)19(24)21-17-5-3-2-4-16(17)20/h2-9,15H,10-12H2,1H3,(H,21,24). The molecule has 2 amide bonds. The van der Waals surface area contributed by atoms with Gasteiger partial charge in [0.05, 0.1) is 11.6 Å². The van der Waals surface area contributed by atoms with Gasteiger partial charge >= 0.3 is 0 Å². The molecule has 1 heterocycles. The molecule has 2 aromatic carbocycles. The molecule has 0 spiro atoms. The summed E-state index contributed by atoms with van der Waals surface area (Å²) in [4.78, 5) is 26.4. The van der Waals surface area contributed by atoms with E-state index < -0.39 is 0 Å². The van der Waals surface area contributed by atoms with Crippen molar-refractivity contribution >= 4 is 33.4 Å². The second-order valence-corrected chi connectivity index (χ2v) is 6.98. The Balaban J connectivity index is 1.62. The molecule has 24 heavy (non-hydrogen) atoms. The van der Waals surface area contributed by atoms with Gasteiger partial charge in [0.15, 0.2) is 0 Å². The second-order valence-electron chi connectivity index (χ2n) is 6.13. The summed E-state index contributed by atoms with van der Waals surface area (Å²) >= 11 is 3.42. The van der Waals surface area contributed by atoms with Crippen molar-refractivity contribution < 1.29 is 9.59 Å². The molecule has 5 heteroatoms. The molecule has 0 saturated carbocycles. The van der Waals surface area contributed by atoms with Crippen molar-refractivity contribution in [2.75, 3.05) is 11.9 Å². The summed E-state index contributed by atoms with van der Waals surface area (Å²) in [6, 6.07) is 15.6. The number of anilines is 1. The number of halogens is 1. The number of carbonyl (C=O) groups is 2. The fourth-order valence-corrected chi connectivity index (χ4v) is 3.20. The first-order chi connectivity index (χ1) is 11.5. The van der Waals surface area contributed by atoms with Gasteiger partial charge in [0.1, 0.15) is 0 Å². The van der Waals surface area contributed by atoms with E-state index in [9.17, 15) is 9.59 Å². The highest BCUT2D eigenvalue weighted by molar-refractivity contribution is 9.10. The van der Waals surface area contributed by atoms with E-state index in [1.807, 2.05) is 55.5 Å². The van der Waals surface area contributed by atoms with Crippen LogP contribution >= 0.6 is 15.9 Å². The number of aryl methyl sites for hydroxylation is 1. The predicted molar refractivity (Wildman–Crippen MR) is 97.5 cm³/mol. The third kappa shape index (κ3) is 3.85. The van der Waals surface area contributed by atoms with Crippen LogP contribution in [0.5, 0.6) is 0 Å². The van der Waals surface area contributed by atoms with E-state index >= 15 is 0 Å². The summed E-state index contributed by atoms with van der Waals surface area (Å²) in [7, 11) is 0. The van der Waals surface area contributed by atoms with E-state index in [0.29, 0.717) is 13.1 Å². The quantitative estimate of drug-likeness (QED) is 0.869. The van der Waals surface area contributed by atoms with Crippen LogP contribution in [0.25, 0.3) is 0 Å². The van der Waals surface area contributed by atoms with E-state index in [4.69, 9.17) is 0 Å². The predicted octanol–water partition coefficient (Wildman–Crippen LogP) is 3.74. The van der Waals surface area contributed by atoms with Crippen LogP contribution in [0, 0.1) is 12.8 Å². The van der Waals surface area contributed by atoms with Crippen LogP contribution < -0.4 is 5.32 Å². The van der Waals surface area contributed by atoms with Crippen molar-refractivity contribution in [2.45, 2.75) is 19.9 Å². The number of carbonyl (C=O) groups excluding carboxylic acids is 2. The van der Waals surface area contributed by atoms with E-state index in [-0.39, 0.29) is 24.2 Å². The molecule has 2 aromatic rings. The van der Waals surface area contributed by atoms with Gasteiger partial charge < -0.3 is 10.2 Å². The summed E-state index contributed by atoms with van der Waals surface area (Å²) in [6.45, 7) is 3.05. The highest BCUT2D eigenvalue weighted by Crippen LogP contribution is 2.25. The maximum absolute atomic E-state index is 12.4. The first kappa shape index (κ1) is 16.7. The first-order valence-corrected chi connectivity index (χ1v) is 8.71. The van der Waals surface area contributed by atoms with Crippen molar-refractivity contribution in [1.82, 2.24) is 4.90 Å². The summed E-state index contributed by atoms with van der Waals surface area (Å²) < 4.78 is 0.833. The molecule has 4 nitrogen and oxygen atoms in total. The number of likely N-dealkylation sites (tertiary alicyclic amines) is 1. The third-order valence-corrected chi connectivity index (χ3v) is 4.90. The number of nitrogens with zero attached hydrogens (tertiary/aromatic N) is 1. The fourth-order valence-electron chi connectivity index (χ4n) is 2.81. The molecular weight excluding hydrogens is 368 g/mol. The van der Waals surface area contributed by atoms with Crippen molar-refractivity contribution in [1.29, 1.82) is 0 Å². The zero-order valence-electron chi connectivity index (χ0n) is 13.5. The molecule has 1 fully saturated rings. The number of nitrogens with one attached hydrogen (secondary N) is 1. The summed E-state index contributed by atoms with van der Waals surface area (Å²) in [5, 5.41) is 2.90. The monoisotopic (exact) mass is 386 g/mol. The Morgan fingerprint density at radius 1 is 1.21 bits per heavy atom. The topological polar surface area (TPSA) is 49.4 Å². The van der Waals surface area contributed by atoms with E-state index in [0.717, 1.165) is 15.7 Å². The van der Waals surface area contributed by atoms with E-state index in [1.54, 1.807) is 4.90 Å². The Morgan fingerprint density at radius 2 is 1.92 bits per heavy atom. The number of amides is 2. The Morgan fingerprint density at radius 3 is 2.62 bits per heavy atom. The molecule has 0 radical (unpaired) electrons. The Kier molecular flexibility index (Phi) is 5.00. The number of benzene rings is 2. The lowest BCUT2D eigenvalue weighted by Gasteiger charge is -2.17. The van der Waals surface area contributed by atoms with Crippen molar-refractivity contribution in [3.63, 3.8) is 0 Å². The van der Waals surface area contributed by atoms with Gasteiger partial charge in [-0.1, -0.05) is 42.0 Å².